The number of nitrogens with zero attached hydrogens (tertiary/aromatic N) is 1. The van der Waals surface area contributed by atoms with Crippen LogP contribution < -0.4 is 0 Å². The summed E-state index contributed by atoms with van der Waals surface area (Å²) in [6, 6.07) is 0. The van der Waals surface area contributed by atoms with Gasteiger partial charge in [0.2, 0.25) is 0 Å². The number of thiazole rings is 1. The predicted octanol–water partition coefficient (Wildman–Crippen LogP) is 1.04. The molecule has 0 amide bonds. The third-order valence-electron chi connectivity index (χ3n) is 1.02. The Labute approximate surface area is 66.5 Å². The van der Waals surface area contributed by atoms with Gasteiger partial charge in [0.1, 0.15) is 4.88 Å². The molecule has 1 aromatic heterocycles. The van der Waals surface area contributed by atoms with Gasteiger partial charge in [-0.05, 0) is 0 Å². The zero-order valence-electron chi connectivity index (χ0n) is 5.70. The summed E-state index contributed by atoms with van der Waals surface area (Å²) in [6.07, 6.45) is 1.18. The molecule has 0 aliphatic heterocycles. The fourth-order valence-corrected chi connectivity index (χ4v) is 1.19. The molecule has 0 aliphatic carbocycles. The number of aromatic nitrogens is 1. The molecule has 0 radical (unpaired) electrons. The minimum Gasteiger partial charge on any atom is -0.477 e. The molecule has 11 heavy (non-hydrogen) atoms. The third kappa shape index (κ3) is 1.62. The number of carboxylic acids is 1. The molecule has 1 rings (SSSR count). The van der Waals surface area contributed by atoms with Gasteiger partial charge in [-0.3, -0.25) is 4.79 Å². The van der Waals surface area contributed by atoms with E-state index in [0.29, 0.717) is 0 Å². The number of carbonyl (C=O) groups excluding carboxylic acids is 1. The van der Waals surface area contributed by atoms with E-state index < -0.39 is 5.97 Å². The average molecular weight is 171 g/mol. The van der Waals surface area contributed by atoms with E-state index in [-0.39, 0.29) is 15.7 Å². The number of Topliss-reactive ketones (excluding diaryl/α,β-unsaturated/α-hetero) is 1. The highest BCUT2D eigenvalue weighted by atomic mass is 32.1. The number of rotatable bonds is 2. The molecule has 1 N–H and O–H groups in total. The van der Waals surface area contributed by atoms with Crippen molar-refractivity contribution in [2.24, 2.45) is 0 Å². The van der Waals surface area contributed by atoms with E-state index >= 15 is 0 Å². The molecule has 0 aliphatic rings. The van der Waals surface area contributed by atoms with Crippen LogP contribution in [0.1, 0.15) is 26.4 Å². The van der Waals surface area contributed by atoms with E-state index in [4.69, 9.17) is 5.11 Å². The highest BCUT2D eigenvalue weighted by molar-refractivity contribution is 7.15. The summed E-state index contributed by atoms with van der Waals surface area (Å²) in [7, 11) is 0. The zero-order valence-corrected chi connectivity index (χ0v) is 6.51. The summed E-state index contributed by atoms with van der Waals surface area (Å²) >= 11 is 0.889. The SMILES string of the molecule is CC(=O)c1ncc(C(=O)O)s1. The predicted molar refractivity (Wildman–Crippen MR) is 39.1 cm³/mol. The minimum absolute atomic E-state index is 0.0928. The first-order valence-electron chi connectivity index (χ1n) is 2.81. The topological polar surface area (TPSA) is 67.3 Å². The van der Waals surface area contributed by atoms with E-state index in [1.54, 1.807) is 0 Å². The molecule has 5 heteroatoms. The Hall–Kier alpha value is -1.23. The molecule has 0 fully saturated rings. The second kappa shape index (κ2) is 2.79. The maximum absolute atomic E-state index is 10.6. The van der Waals surface area contributed by atoms with Gasteiger partial charge in [-0.1, -0.05) is 0 Å². The number of hydrogen-bond acceptors (Lipinski definition) is 4. The summed E-state index contributed by atoms with van der Waals surface area (Å²) in [4.78, 5) is 24.7. The zero-order chi connectivity index (χ0) is 8.43. The molecule has 58 valence electrons. The Balaban J connectivity index is 2.99. The van der Waals surface area contributed by atoms with Gasteiger partial charge in [-0.25, -0.2) is 9.78 Å². The monoisotopic (exact) mass is 171 g/mol. The maximum atomic E-state index is 10.6. The van der Waals surface area contributed by atoms with Crippen LogP contribution in [0.5, 0.6) is 0 Å². The molecule has 0 aromatic carbocycles. The fourth-order valence-electron chi connectivity index (χ4n) is 0.536. The summed E-state index contributed by atoms with van der Waals surface area (Å²) in [5.41, 5.74) is 0. The first-order valence-corrected chi connectivity index (χ1v) is 3.63. The van der Waals surface area contributed by atoms with Crippen molar-refractivity contribution >= 4 is 23.1 Å². The third-order valence-corrected chi connectivity index (χ3v) is 2.10. The van der Waals surface area contributed by atoms with Crippen LogP contribution in [0.25, 0.3) is 0 Å². The van der Waals surface area contributed by atoms with Gasteiger partial charge in [0, 0.05) is 6.92 Å². The van der Waals surface area contributed by atoms with Crippen molar-refractivity contribution in [1.82, 2.24) is 4.98 Å². The molecule has 0 saturated carbocycles. The standard InChI is InChI=1S/C6H5NO3S/c1-3(8)5-7-2-4(11-5)6(9)10/h2H,1H3,(H,9,10). The molecule has 0 bridgehead atoms. The van der Waals surface area contributed by atoms with Crippen LogP contribution in [0.2, 0.25) is 0 Å². The van der Waals surface area contributed by atoms with Gasteiger partial charge >= 0.3 is 5.97 Å². The second-order valence-corrected chi connectivity index (χ2v) is 2.92. The lowest BCUT2D eigenvalue weighted by molar-refractivity contribution is 0.0701. The van der Waals surface area contributed by atoms with E-state index in [1.165, 1.54) is 13.1 Å². The van der Waals surface area contributed by atoms with Crippen LogP contribution in [0.3, 0.4) is 0 Å². The van der Waals surface area contributed by atoms with Crippen molar-refractivity contribution in [3.05, 3.63) is 16.1 Å². The summed E-state index contributed by atoms with van der Waals surface area (Å²) in [5.74, 6) is -1.25. The van der Waals surface area contributed by atoms with Gasteiger partial charge < -0.3 is 5.11 Å². The number of carbonyl (C=O) groups is 2. The van der Waals surface area contributed by atoms with Crippen molar-refractivity contribution in [1.29, 1.82) is 0 Å². The van der Waals surface area contributed by atoms with E-state index in [1.807, 2.05) is 0 Å². The van der Waals surface area contributed by atoms with Crippen LogP contribution in [0, 0.1) is 0 Å². The molecule has 1 aromatic rings. The van der Waals surface area contributed by atoms with Crippen molar-refractivity contribution in [3.8, 4) is 0 Å². The molecule has 0 spiro atoms. The maximum Gasteiger partial charge on any atom is 0.347 e. The number of aromatic carboxylic acids is 1. The van der Waals surface area contributed by atoms with Crippen LogP contribution >= 0.6 is 11.3 Å². The van der Waals surface area contributed by atoms with Crippen molar-refractivity contribution in [2.45, 2.75) is 6.92 Å². The first-order chi connectivity index (χ1) is 5.11. The molecule has 0 unspecified atom stereocenters. The Kier molecular flexibility index (Phi) is 2.00. The minimum atomic E-state index is -1.05. The molecule has 1 heterocycles. The van der Waals surface area contributed by atoms with Crippen molar-refractivity contribution in [2.75, 3.05) is 0 Å². The first kappa shape index (κ1) is 7.87. The van der Waals surface area contributed by atoms with Crippen LogP contribution in [-0.4, -0.2) is 21.8 Å². The lowest BCUT2D eigenvalue weighted by Gasteiger charge is -1.81. The van der Waals surface area contributed by atoms with Crippen LogP contribution in [0.15, 0.2) is 6.20 Å². The van der Waals surface area contributed by atoms with Crippen molar-refractivity contribution in [3.63, 3.8) is 0 Å². The smallest absolute Gasteiger partial charge is 0.347 e. The largest absolute Gasteiger partial charge is 0.477 e. The van der Waals surface area contributed by atoms with Gasteiger partial charge in [-0.15, -0.1) is 11.3 Å². The Morgan fingerprint density at radius 3 is 2.55 bits per heavy atom. The van der Waals surface area contributed by atoms with Gasteiger partial charge in [0.25, 0.3) is 0 Å². The molecule has 4 nitrogen and oxygen atoms in total. The summed E-state index contributed by atoms with van der Waals surface area (Å²) in [6.45, 7) is 1.35. The molecular weight excluding hydrogens is 166 g/mol. The second-order valence-electron chi connectivity index (χ2n) is 1.89. The highest BCUT2D eigenvalue weighted by Gasteiger charge is 2.10. The Morgan fingerprint density at radius 2 is 2.27 bits per heavy atom. The lowest BCUT2D eigenvalue weighted by atomic mass is 10.5. The van der Waals surface area contributed by atoms with E-state index in [2.05, 4.69) is 4.98 Å². The van der Waals surface area contributed by atoms with Crippen molar-refractivity contribution < 1.29 is 14.7 Å². The average Bonchev–Trinajstić information content (AvgIpc) is 2.33. The Bertz CT molecular complexity index is 276. The van der Waals surface area contributed by atoms with Crippen LogP contribution in [-0.2, 0) is 0 Å². The van der Waals surface area contributed by atoms with Gasteiger partial charge in [0.05, 0.1) is 6.20 Å². The normalized spacial score (nSPS) is 9.55. The Morgan fingerprint density at radius 1 is 1.64 bits per heavy atom. The summed E-state index contributed by atoms with van der Waals surface area (Å²) < 4.78 is 0. The van der Waals surface area contributed by atoms with Gasteiger partial charge in [-0.2, -0.15) is 0 Å². The molecule has 0 atom stereocenters. The van der Waals surface area contributed by atoms with Crippen LogP contribution in [0.4, 0.5) is 0 Å². The highest BCUT2D eigenvalue weighted by Crippen LogP contribution is 2.12. The fraction of sp³-hybridized carbons (Fsp3) is 0.167. The number of ketones is 1. The van der Waals surface area contributed by atoms with E-state index in [9.17, 15) is 9.59 Å². The number of carboxylic acid groups (broad SMARTS) is 1. The number of hydrogen-bond donors (Lipinski definition) is 1. The van der Waals surface area contributed by atoms with Gasteiger partial charge in [0.15, 0.2) is 10.8 Å². The lowest BCUT2D eigenvalue weighted by Crippen LogP contribution is -1.90. The molecular formula is C6H5NO3S. The molecule has 0 saturated heterocycles. The summed E-state index contributed by atoms with van der Waals surface area (Å²) in [5, 5.41) is 8.68. The van der Waals surface area contributed by atoms with E-state index in [0.717, 1.165) is 11.3 Å². The quantitative estimate of drug-likeness (QED) is 0.675.